The van der Waals surface area contributed by atoms with Crippen LogP contribution in [0.15, 0.2) is 73.2 Å². The lowest BCUT2D eigenvalue weighted by Crippen LogP contribution is -2.11. The molecule has 0 fully saturated rings. The summed E-state index contributed by atoms with van der Waals surface area (Å²) in [5.41, 5.74) is 2.17. The molecule has 0 spiro atoms. The van der Waals surface area contributed by atoms with Crippen molar-refractivity contribution in [1.29, 1.82) is 0 Å². The number of pyridine rings is 1. The third-order valence-electron chi connectivity index (χ3n) is 4.49. The number of fused-ring (bicyclic) bond motifs is 1. The van der Waals surface area contributed by atoms with E-state index < -0.39 is 6.61 Å². The maximum atomic E-state index is 11.4. The minimum Gasteiger partial charge on any atom is -0.439 e. The molecule has 0 radical (unpaired) electrons. The van der Waals surface area contributed by atoms with Crippen molar-refractivity contribution >= 4 is 28.2 Å². The van der Waals surface area contributed by atoms with Crippen molar-refractivity contribution in [1.82, 2.24) is 15.0 Å². The highest BCUT2D eigenvalue weighted by Gasteiger charge is 2.11. The minimum atomic E-state index is -0.543. The van der Waals surface area contributed by atoms with Gasteiger partial charge in [0.15, 0.2) is 5.78 Å². The largest absolute Gasteiger partial charge is 0.439 e. The molecule has 0 amide bonds. The van der Waals surface area contributed by atoms with Crippen LogP contribution in [-0.4, -0.2) is 39.5 Å². The van der Waals surface area contributed by atoms with E-state index in [0.717, 1.165) is 22.4 Å². The van der Waals surface area contributed by atoms with E-state index in [0.29, 0.717) is 17.2 Å². The zero-order valence-electron chi connectivity index (χ0n) is 15.7. The molecular formula is C22H18N4O3. The Balaban J connectivity index is 1.52. The Morgan fingerprint density at radius 3 is 2.52 bits per heavy atom. The van der Waals surface area contributed by atoms with Gasteiger partial charge in [0.2, 0.25) is 5.88 Å². The monoisotopic (exact) mass is 386 g/mol. The number of hydrogen-bond acceptors (Lipinski definition) is 7. The lowest BCUT2D eigenvalue weighted by molar-refractivity contribution is 0.0903. The van der Waals surface area contributed by atoms with Gasteiger partial charge in [-0.25, -0.2) is 15.0 Å². The highest BCUT2D eigenvalue weighted by Crippen LogP contribution is 2.29. The molecule has 2 aromatic carbocycles. The number of aliphatic hydroxyl groups excluding tert-OH is 1. The van der Waals surface area contributed by atoms with E-state index in [1.807, 2.05) is 60.5 Å². The van der Waals surface area contributed by atoms with Gasteiger partial charge in [-0.15, -0.1) is 0 Å². The molecule has 4 rings (SSSR count). The van der Waals surface area contributed by atoms with E-state index in [2.05, 4.69) is 15.0 Å². The molecule has 0 bridgehead atoms. The summed E-state index contributed by atoms with van der Waals surface area (Å²) in [4.78, 5) is 26.3. The van der Waals surface area contributed by atoms with Crippen LogP contribution in [0.25, 0.3) is 10.9 Å². The number of para-hydroxylation sites is 1. The maximum absolute atomic E-state index is 11.4. The van der Waals surface area contributed by atoms with Gasteiger partial charge < -0.3 is 14.7 Å². The van der Waals surface area contributed by atoms with Gasteiger partial charge in [-0.3, -0.25) is 4.79 Å². The van der Waals surface area contributed by atoms with Gasteiger partial charge in [-0.2, -0.15) is 0 Å². The average Bonchev–Trinajstić information content (AvgIpc) is 2.78. The molecule has 0 saturated carbocycles. The second-order valence-corrected chi connectivity index (χ2v) is 6.34. The van der Waals surface area contributed by atoms with Gasteiger partial charge in [0.25, 0.3) is 0 Å². The molecule has 0 aliphatic heterocycles. The quantitative estimate of drug-likeness (QED) is 0.505. The van der Waals surface area contributed by atoms with Crippen molar-refractivity contribution in [3.63, 3.8) is 0 Å². The Labute approximate surface area is 167 Å². The number of Topliss-reactive ketones (excluding diaryl/α,β-unsaturated/α-hetero) is 1. The van der Waals surface area contributed by atoms with Gasteiger partial charge in [-0.05, 0) is 42.5 Å². The summed E-state index contributed by atoms with van der Waals surface area (Å²) in [5, 5.41) is 9.86. The van der Waals surface area contributed by atoms with Crippen LogP contribution >= 0.6 is 0 Å². The number of hydrogen-bond donors (Lipinski definition) is 1. The van der Waals surface area contributed by atoms with Crippen LogP contribution in [0.4, 0.5) is 11.5 Å². The number of anilines is 2. The van der Waals surface area contributed by atoms with E-state index in [9.17, 15) is 4.79 Å². The van der Waals surface area contributed by atoms with Crippen LogP contribution in [0.2, 0.25) is 0 Å². The number of aliphatic hydroxyl groups is 1. The predicted molar refractivity (Wildman–Crippen MR) is 110 cm³/mol. The molecule has 0 atom stereocenters. The first-order valence-electron chi connectivity index (χ1n) is 8.97. The summed E-state index contributed by atoms with van der Waals surface area (Å²) in [6.07, 6.45) is 2.94. The molecule has 0 saturated heterocycles. The van der Waals surface area contributed by atoms with Crippen molar-refractivity contribution < 1.29 is 14.6 Å². The van der Waals surface area contributed by atoms with Gasteiger partial charge >= 0.3 is 0 Å². The molecule has 4 aromatic rings. The summed E-state index contributed by atoms with van der Waals surface area (Å²) in [6, 6.07) is 18.6. The van der Waals surface area contributed by atoms with Crippen molar-refractivity contribution in [3.05, 3.63) is 78.8 Å². The SMILES string of the molecule is CN(c1ccc(Oc2ccc(C(=O)CO)cn2)cc1)c1ncnc2ccccc12. The van der Waals surface area contributed by atoms with E-state index in [1.54, 1.807) is 18.5 Å². The predicted octanol–water partition coefficient (Wildman–Crippen LogP) is 3.76. The first kappa shape index (κ1) is 18.5. The molecular weight excluding hydrogens is 368 g/mol. The Kier molecular flexibility index (Phi) is 5.13. The van der Waals surface area contributed by atoms with Crippen LogP contribution in [0.3, 0.4) is 0 Å². The second-order valence-electron chi connectivity index (χ2n) is 6.34. The van der Waals surface area contributed by atoms with E-state index >= 15 is 0 Å². The highest BCUT2D eigenvalue weighted by atomic mass is 16.5. The Morgan fingerprint density at radius 1 is 1.00 bits per heavy atom. The van der Waals surface area contributed by atoms with Crippen molar-refractivity contribution in [3.8, 4) is 11.6 Å². The number of aromatic nitrogens is 3. The number of rotatable bonds is 6. The number of ketones is 1. The fraction of sp³-hybridized carbons (Fsp3) is 0.0909. The zero-order valence-corrected chi connectivity index (χ0v) is 15.7. The Bertz CT molecular complexity index is 1140. The molecule has 7 nitrogen and oxygen atoms in total. The first-order valence-corrected chi connectivity index (χ1v) is 8.97. The van der Waals surface area contributed by atoms with Crippen LogP contribution in [0.5, 0.6) is 11.6 Å². The standard InChI is InChI=1S/C22H18N4O3/c1-26(22-18-4-2-3-5-19(18)24-14-25-22)16-7-9-17(10-8-16)29-21-11-6-15(12-23-21)20(28)13-27/h2-12,14,27H,13H2,1H3. The molecule has 7 heteroatoms. The third kappa shape index (κ3) is 3.90. The molecule has 2 heterocycles. The zero-order chi connectivity index (χ0) is 20.2. The van der Waals surface area contributed by atoms with Crippen LogP contribution in [0, 0.1) is 0 Å². The fourth-order valence-electron chi connectivity index (χ4n) is 2.94. The van der Waals surface area contributed by atoms with Gasteiger partial charge in [0, 0.05) is 35.9 Å². The summed E-state index contributed by atoms with van der Waals surface area (Å²) in [6.45, 7) is -0.543. The van der Waals surface area contributed by atoms with Crippen LogP contribution in [-0.2, 0) is 0 Å². The summed E-state index contributed by atoms with van der Waals surface area (Å²) in [5.74, 6) is 1.41. The average molecular weight is 386 g/mol. The minimum absolute atomic E-state index is 0.342. The molecule has 0 aliphatic carbocycles. The number of carbonyl (C=O) groups is 1. The lowest BCUT2D eigenvalue weighted by atomic mass is 10.2. The second kappa shape index (κ2) is 8.04. The number of benzene rings is 2. The van der Waals surface area contributed by atoms with Crippen LogP contribution < -0.4 is 9.64 Å². The molecule has 1 N–H and O–H groups in total. The van der Waals surface area contributed by atoms with Crippen molar-refractivity contribution in [2.24, 2.45) is 0 Å². The summed E-state index contributed by atoms with van der Waals surface area (Å²) in [7, 11) is 1.95. The van der Waals surface area contributed by atoms with Crippen molar-refractivity contribution in [2.45, 2.75) is 0 Å². The molecule has 144 valence electrons. The van der Waals surface area contributed by atoms with E-state index in [-0.39, 0.29) is 5.78 Å². The molecule has 29 heavy (non-hydrogen) atoms. The number of carbonyl (C=O) groups excluding carboxylic acids is 1. The smallest absolute Gasteiger partial charge is 0.219 e. The van der Waals surface area contributed by atoms with Crippen LogP contribution in [0.1, 0.15) is 10.4 Å². The number of ether oxygens (including phenoxy) is 1. The molecule has 2 aromatic heterocycles. The van der Waals surface area contributed by atoms with Crippen molar-refractivity contribution in [2.75, 3.05) is 18.6 Å². The van der Waals surface area contributed by atoms with Gasteiger partial charge in [0.05, 0.1) is 5.52 Å². The Hall–Kier alpha value is -3.84. The topological polar surface area (TPSA) is 88.4 Å². The molecule has 0 aliphatic rings. The first-order chi connectivity index (χ1) is 14.2. The Morgan fingerprint density at radius 2 is 1.79 bits per heavy atom. The van der Waals surface area contributed by atoms with E-state index in [1.165, 1.54) is 6.20 Å². The summed E-state index contributed by atoms with van der Waals surface area (Å²) < 4.78 is 5.73. The molecule has 0 unspecified atom stereocenters. The highest BCUT2D eigenvalue weighted by molar-refractivity contribution is 5.96. The third-order valence-corrected chi connectivity index (χ3v) is 4.49. The van der Waals surface area contributed by atoms with Gasteiger partial charge in [0.1, 0.15) is 24.5 Å². The maximum Gasteiger partial charge on any atom is 0.219 e. The summed E-state index contributed by atoms with van der Waals surface area (Å²) >= 11 is 0. The number of nitrogens with zero attached hydrogens (tertiary/aromatic N) is 4. The van der Waals surface area contributed by atoms with E-state index in [4.69, 9.17) is 9.84 Å². The van der Waals surface area contributed by atoms with Gasteiger partial charge in [-0.1, -0.05) is 12.1 Å². The fourth-order valence-corrected chi connectivity index (χ4v) is 2.94. The lowest BCUT2D eigenvalue weighted by Gasteiger charge is -2.20. The normalized spacial score (nSPS) is 10.7.